The Balaban J connectivity index is 2.75. The van der Waals surface area contributed by atoms with Gasteiger partial charge < -0.3 is 5.32 Å². The third-order valence-corrected chi connectivity index (χ3v) is 2.79. The minimum absolute atomic E-state index is 0.0710. The molecule has 1 unspecified atom stereocenters. The van der Waals surface area contributed by atoms with Crippen molar-refractivity contribution in [3.05, 3.63) is 35.9 Å². The molecular weight excluding hydrogens is 295 g/mol. The highest BCUT2D eigenvalue weighted by molar-refractivity contribution is 6.68. The maximum Gasteiger partial charge on any atom is 0.252 e. The summed E-state index contributed by atoms with van der Waals surface area (Å²) in [4.78, 5) is 12.0. The Bertz CT molecular complexity index is 390. The van der Waals surface area contributed by atoms with E-state index in [4.69, 9.17) is 34.8 Å². The highest BCUT2D eigenvalue weighted by atomic mass is 35.6. The number of hydrogen-bond acceptors (Lipinski definition) is 2. The minimum Gasteiger partial charge on any atom is -0.333 e. The average Bonchev–Trinajstić information content (AvgIpc) is 2.27. The summed E-state index contributed by atoms with van der Waals surface area (Å²) >= 11 is 17.5. The number of alkyl halides is 3. The first-order chi connectivity index (χ1) is 8.30. The molecule has 0 radical (unpaired) electrons. The number of carbonyl (C=O) groups is 1. The lowest BCUT2D eigenvalue weighted by Gasteiger charge is -2.28. The predicted molar refractivity (Wildman–Crippen MR) is 76.3 cm³/mol. The summed E-state index contributed by atoms with van der Waals surface area (Å²) in [5.74, 6) is -0.292. The van der Waals surface area contributed by atoms with Crippen molar-refractivity contribution in [3.8, 4) is 0 Å². The van der Waals surface area contributed by atoms with E-state index in [1.54, 1.807) is 24.3 Å². The molecule has 3 nitrogen and oxygen atoms in total. The molecule has 0 bridgehead atoms. The summed E-state index contributed by atoms with van der Waals surface area (Å²) < 4.78 is -1.62. The normalized spacial score (nSPS) is 13.4. The van der Waals surface area contributed by atoms with Crippen molar-refractivity contribution in [2.45, 2.75) is 29.8 Å². The van der Waals surface area contributed by atoms with Crippen molar-refractivity contribution >= 4 is 40.7 Å². The van der Waals surface area contributed by atoms with E-state index in [9.17, 15) is 4.79 Å². The Morgan fingerprint density at radius 3 is 2.17 bits per heavy atom. The molecule has 1 rings (SSSR count). The number of benzene rings is 1. The van der Waals surface area contributed by atoms with E-state index >= 15 is 0 Å². The second-order valence-electron chi connectivity index (χ2n) is 4.14. The zero-order valence-electron chi connectivity index (χ0n) is 10.1. The molecule has 0 spiro atoms. The molecule has 0 saturated carbocycles. The van der Waals surface area contributed by atoms with Crippen LogP contribution >= 0.6 is 34.8 Å². The van der Waals surface area contributed by atoms with Gasteiger partial charge >= 0.3 is 0 Å². The summed E-state index contributed by atoms with van der Waals surface area (Å²) in [6.45, 7) is 3.80. The summed E-state index contributed by atoms with van der Waals surface area (Å²) in [6.07, 6.45) is -0.754. The van der Waals surface area contributed by atoms with Gasteiger partial charge in [-0.25, -0.2) is 0 Å². The lowest BCUT2D eigenvalue weighted by molar-refractivity contribution is 0.0928. The smallest absolute Gasteiger partial charge is 0.252 e. The van der Waals surface area contributed by atoms with Crippen LogP contribution in [-0.4, -0.2) is 21.9 Å². The van der Waals surface area contributed by atoms with Crippen molar-refractivity contribution in [1.29, 1.82) is 0 Å². The Morgan fingerprint density at radius 2 is 1.72 bits per heavy atom. The fourth-order valence-electron chi connectivity index (χ4n) is 1.36. The fraction of sp³-hybridized carbons (Fsp3) is 0.417. The van der Waals surface area contributed by atoms with Gasteiger partial charge in [-0.1, -0.05) is 53.0 Å². The first kappa shape index (κ1) is 15.6. The standard InChI is InChI=1S/C12H15Cl3N2O/c1-8(2)16-11(12(13,14)15)17-10(18)9-6-4-3-5-7-9/h3-8,11,16H,1-2H3,(H,17,18). The molecule has 0 heterocycles. The molecule has 0 aliphatic carbocycles. The Morgan fingerprint density at radius 1 is 1.17 bits per heavy atom. The maximum atomic E-state index is 12.0. The quantitative estimate of drug-likeness (QED) is 0.663. The van der Waals surface area contributed by atoms with E-state index in [-0.39, 0.29) is 11.9 Å². The van der Waals surface area contributed by atoms with E-state index in [0.29, 0.717) is 5.56 Å². The number of rotatable bonds is 4. The Kier molecular flexibility index (Phi) is 5.73. The van der Waals surface area contributed by atoms with Gasteiger partial charge in [-0.2, -0.15) is 0 Å². The van der Waals surface area contributed by atoms with Crippen LogP contribution in [0.25, 0.3) is 0 Å². The van der Waals surface area contributed by atoms with Crippen LogP contribution in [0.3, 0.4) is 0 Å². The van der Waals surface area contributed by atoms with Gasteiger partial charge in [0.25, 0.3) is 5.91 Å². The molecule has 0 aliphatic heterocycles. The van der Waals surface area contributed by atoms with Crippen molar-refractivity contribution in [3.63, 3.8) is 0 Å². The molecule has 0 aromatic heterocycles. The van der Waals surface area contributed by atoms with Crippen LogP contribution in [0.1, 0.15) is 24.2 Å². The van der Waals surface area contributed by atoms with Crippen LogP contribution in [0, 0.1) is 0 Å². The van der Waals surface area contributed by atoms with Gasteiger partial charge in [0, 0.05) is 11.6 Å². The first-order valence-electron chi connectivity index (χ1n) is 5.49. The molecule has 0 fully saturated rings. The van der Waals surface area contributed by atoms with Crippen molar-refractivity contribution in [2.24, 2.45) is 0 Å². The first-order valence-corrected chi connectivity index (χ1v) is 6.63. The second-order valence-corrected chi connectivity index (χ2v) is 6.50. The zero-order chi connectivity index (χ0) is 13.8. The molecule has 100 valence electrons. The lowest BCUT2D eigenvalue weighted by atomic mass is 10.2. The van der Waals surface area contributed by atoms with Gasteiger partial charge in [0.15, 0.2) is 0 Å². The van der Waals surface area contributed by atoms with E-state index in [2.05, 4.69) is 10.6 Å². The third kappa shape index (κ3) is 5.02. The van der Waals surface area contributed by atoms with Crippen LogP contribution in [0.15, 0.2) is 30.3 Å². The molecule has 1 aromatic rings. The van der Waals surface area contributed by atoms with Gasteiger partial charge in [0.2, 0.25) is 3.79 Å². The summed E-state index contributed by atoms with van der Waals surface area (Å²) in [7, 11) is 0. The molecule has 2 N–H and O–H groups in total. The zero-order valence-corrected chi connectivity index (χ0v) is 12.4. The molecule has 1 aromatic carbocycles. The van der Waals surface area contributed by atoms with Gasteiger partial charge in [0.05, 0.1) is 0 Å². The maximum absolute atomic E-state index is 12.0. The van der Waals surface area contributed by atoms with Crippen LogP contribution < -0.4 is 10.6 Å². The summed E-state index contributed by atoms with van der Waals surface area (Å²) in [6, 6.07) is 8.84. The second kappa shape index (κ2) is 6.62. The van der Waals surface area contributed by atoms with E-state index in [1.165, 1.54) is 0 Å². The van der Waals surface area contributed by atoms with Crippen molar-refractivity contribution < 1.29 is 4.79 Å². The van der Waals surface area contributed by atoms with Crippen LogP contribution in [0.2, 0.25) is 0 Å². The highest BCUT2D eigenvalue weighted by Crippen LogP contribution is 2.29. The number of hydrogen-bond donors (Lipinski definition) is 2. The molecule has 1 atom stereocenters. The Hall–Kier alpha value is -0.480. The number of carbonyl (C=O) groups excluding carboxylic acids is 1. The lowest BCUT2D eigenvalue weighted by Crippen LogP contribution is -2.55. The summed E-state index contributed by atoms with van der Waals surface area (Å²) in [5, 5.41) is 5.65. The van der Waals surface area contributed by atoms with Gasteiger partial charge in [-0.05, 0) is 26.0 Å². The average molecular weight is 310 g/mol. The third-order valence-electron chi connectivity index (χ3n) is 2.14. The van der Waals surface area contributed by atoms with Crippen LogP contribution in [0.4, 0.5) is 0 Å². The van der Waals surface area contributed by atoms with Crippen LogP contribution in [-0.2, 0) is 0 Å². The van der Waals surface area contributed by atoms with Gasteiger partial charge in [-0.15, -0.1) is 0 Å². The minimum atomic E-state index is -1.62. The monoisotopic (exact) mass is 308 g/mol. The van der Waals surface area contributed by atoms with Gasteiger partial charge in [-0.3, -0.25) is 10.1 Å². The number of amides is 1. The molecule has 1 amide bonds. The predicted octanol–water partition coefficient (Wildman–Crippen LogP) is 3.11. The van der Waals surface area contributed by atoms with E-state index in [0.717, 1.165) is 0 Å². The number of halogens is 3. The molecular formula is C12H15Cl3N2O. The topological polar surface area (TPSA) is 41.1 Å². The summed E-state index contributed by atoms with van der Waals surface area (Å²) in [5.41, 5.74) is 0.516. The van der Waals surface area contributed by atoms with Crippen LogP contribution in [0.5, 0.6) is 0 Å². The van der Waals surface area contributed by atoms with E-state index < -0.39 is 9.96 Å². The largest absolute Gasteiger partial charge is 0.333 e. The molecule has 18 heavy (non-hydrogen) atoms. The number of nitrogens with one attached hydrogen (secondary N) is 2. The fourth-order valence-corrected chi connectivity index (χ4v) is 1.71. The molecule has 6 heteroatoms. The highest BCUT2D eigenvalue weighted by Gasteiger charge is 2.34. The van der Waals surface area contributed by atoms with E-state index in [1.807, 2.05) is 19.9 Å². The van der Waals surface area contributed by atoms with Gasteiger partial charge in [0.1, 0.15) is 6.17 Å². The SMILES string of the molecule is CC(C)NC(NC(=O)c1ccccc1)C(Cl)(Cl)Cl. The van der Waals surface area contributed by atoms with Crippen molar-refractivity contribution in [1.82, 2.24) is 10.6 Å². The Labute approximate surface area is 122 Å². The molecule has 0 saturated heterocycles. The van der Waals surface area contributed by atoms with Crippen molar-refractivity contribution in [2.75, 3.05) is 0 Å². The molecule has 0 aliphatic rings.